The van der Waals surface area contributed by atoms with Crippen molar-refractivity contribution in [2.45, 2.75) is 38.2 Å². The van der Waals surface area contributed by atoms with Gasteiger partial charge in [0.1, 0.15) is 10.6 Å². The van der Waals surface area contributed by atoms with Gasteiger partial charge in [-0.05, 0) is 56.5 Å². The third-order valence-corrected chi connectivity index (χ3v) is 6.72. The Kier molecular flexibility index (Phi) is 6.35. The van der Waals surface area contributed by atoms with Crippen LogP contribution in [0.2, 0.25) is 0 Å². The Labute approximate surface area is 204 Å². The molecule has 0 bridgehead atoms. The third-order valence-electron chi connectivity index (χ3n) is 5.44. The molecule has 0 aliphatic heterocycles. The van der Waals surface area contributed by atoms with Crippen LogP contribution in [0.1, 0.15) is 30.5 Å². The minimum atomic E-state index is -3.96. The molecular weight excluding hydrogens is 466 g/mol. The molecular formula is C25H27N5O4S. The van der Waals surface area contributed by atoms with E-state index in [9.17, 15) is 13.5 Å². The van der Waals surface area contributed by atoms with Gasteiger partial charge in [-0.25, -0.2) is 18.1 Å². The smallest absolute Gasteiger partial charge is 0.267 e. The maximum absolute atomic E-state index is 12.9. The van der Waals surface area contributed by atoms with Crippen LogP contribution in [0.15, 0.2) is 65.8 Å². The van der Waals surface area contributed by atoms with Crippen molar-refractivity contribution < 1.29 is 18.3 Å². The van der Waals surface area contributed by atoms with Gasteiger partial charge < -0.3 is 9.84 Å². The number of aliphatic hydroxyl groups is 1. The summed E-state index contributed by atoms with van der Waals surface area (Å²) in [6, 6.07) is 14.5. The molecule has 0 amide bonds. The Morgan fingerprint density at radius 2 is 1.69 bits per heavy atom. The first-order chi connectivity index (χ1) is 16.4. The van der Waals surface area contributed by atoms with Crippen LogP contribution in [-0.2, 0) is 22.7 Å². The highest BCUT2D eigenvalue weighted by atomic mass is 32.2. The molecule has 2 N–H and O–H groups in total. The summed E-state index contributed by atoms with van der Waals surface area (Å²) >= 11 is 0. The van der Waals surface area contributed by atoms with E-state index in [2.05, 4.69) is 19.8 Å². The van der Waals surface area contributed by atoms with Gasteiger partial charge in [0.05, 0.1) is 17.5 Å². The standard InChI is InChI=1S/C25H27N5O4S/c1-16-7-6-8-17(2)23(16)21-13-22(34-19-11-9-18(10-12-19)25(3,4)31)28-24(27-21)29-35(32,33)20-14-26-30(5)15-20/h6-15,31H,1-5H3,(H,27,28,29). The molecule has 0 fully saturated rings. The summed E-state index contributed by atoms with van der Waals surface area (Å²) in [5, 5.41) is 14.1. The maximum atomic E-state index is 12.9. The second kappa shape index (κ2) is 9.12. The quantitative estimate of drug-likeness (QED) is 0.394. The highest BCUT2D eigenvalue weighted by Gasteiger charge is 2.21. The number of nitrogens with zero attached hydrogens (tertiary/aromatic N) is 4. The molecule has 35 heavy (non-hydrogen) atoms. The number of hydrogen-bond acceptors (Lipinski definition) is 7. The van der Waals surface area contributed by atoms with Gasteiger partial charge in [0, 0.05) is 24.9 Å². The minimum absolute atomic E-state index is 0.00856. The Hall–Kier alpha value is -3.76. The normalized spacial score (nSPS) is 11.9. The number of anilines is 1. The highest BCUT2D eigenvalue weighted by molar-refractivity contribution is 7.92. The molecule has 4 aromatic rings. The zero-order valence-corrected chi connectivity index (χ0v) is 21.0. The van der Waals surface area contributed by atoms with Gasteiger partial charge in [-0.2, -0.15) is 10.1 Å². The summed E-state index contributed by atoms with van der Waals surface area (Å²) in [5.74, 6) is 0.514. The number of sulfonamides is 1. The van der Waals surface area contributed by atoms with Gasteiger partial charge in [0.15, 0.2) is 0 Å². The molecule has 0 aliphatic carbocycles. The molecule has 0 radical (unpaired) electrons. The van der Waals surface area contributed by atoms with E-state index >= 15 is 0 Å². The third kappa shape index (κ3) is 5.50. The van der Waals surface area contributed by atoms with E-state index in [0.29, 0.717) is 11.4 Å². The largest absolute Gasteiger partial charge is 0.439 e. The maximum Gasteiger partial charge on any atom is 0.267 e. The molecule has 9 nitrogen and oxygen atoms in total. The predicted octanol–water partition coefficient (Wildman–Crippen LogP) is 4.31. The molecule has 0 saturated heterocycles. The fraction of sp³-hybridized carbons (Fsp3) is 0.240. The Bertz CT molecular complexity index is 1450. The van der Waals surface area contributed by atoms with E-state index in [1.165, 1.54) is 17.1 Å². The van der Waals surface area contributed by atoms with Crippen LogP contribution in [0.5, 0.6) is 11.6 Å². The summed E-state index contributed by atoms with van der Waals surface area (Å²) in [4.78, 5) is 8.78. The van der Waals surface area contributed by atoms with Crippen molar-refractivity contribution in [3.8, 4) is 22.9 Å². The molecule has 2 heterocycles. The molecule has 4 rings (SSSR count). The molecule has 182 valence electrons. The average Bonchev–Trinajstić information content (AvgIpc) is 3.20. The predicted molar refractivity (Wildman–Crippen MR) is 133 cm³/mol. The lowest BCUT2D eigenvalue weighted by atomic mass is 9.99. The Morgan fingerprint density at radius 3 is 2.26 bits per heavy atom. The number of nitrogens with one attached hydrogen (secondary N) is 1. The van der Waals surface area contributed by atoms with Crippen LogP contribution in [-0.4, -0.2) is 33.3 Å². The van der Waals surface area contributed by atoms with E-state index in [0.717, 1.165) is 22.3 Å². The molecule has 10 heteroatoms. The van der Waals surface area contributed by atoms with Gasteiger partial charge in [0.2, 0.25) is 11.8 Å². The Balaban J connectivity index is 1.76. The van der Waals surface area contributed by atoms with Crippen molar-refractivity contribution in [2.75, 3.05) is 4.72 Å². The van der Waals surface area contributed by atoms with Crippen molar-refractivity contribution in [1.29, 1.82) is 0 Å². The summed E-state index contributed by atoms with van der Waals surface area (Å²) < 4.78 is 35.6. The second-order valence-corrected chi connectivity index (χ2v) is 10.5. The van der Waals surface area contributed by atoms with E-state index in [-0.39, 0.29) is 16.7 Å². The van der Waals surface area contributed by atoms with Gasteiger partial charge in [-0.3, -0.25) is 4.68 Å². The number of ether oxygens (including phenoxy) is 1. The van der Waals surface area contributed by atoms with Gasteiger partial charge in [0.25, 0.3) is 10.0 Å². The zero-order chi connectivity index (χ0) is 25.4. The highest BCUT2D eigenvalue weighted by Crippen LogP contribution is 2.31. The second-order valence-electron chi connectivity index (χ2n) is 8.82. The van der Waals surface area contributed by atoms with Gasteiger partial charge >= 0.3 is 0 Å². The SMILES string of the molecule is Cc1cccc(C)c1-c1cc(Oc2ccc(C(C)(C)O)cc2)nc(NS(=O)(=O)c2cnn(C)c2)n1. The number of rotatable bonds is 7. The zero-order valence-electron chi connectivity index (χ0n) is 20.1. The van der Waals surface area contributed by atoms with Crippen molar-refractivity contribution in [3.63, 3.8) is 0 Å². The summed E-state index contributed by atoms with van der Waals surface area (Å²) in [7, 11) is -2.33. The topological polar surface area (TPSA) is 119 Å². The van der Waals surface area contributed by atoms with Crippen LogP contribution in [0.3, 0.4) is 0 Å². The molecule has 2 aromatic carbocycles. The average molecular weight is 494 g/mol. The minimum Gasteiger partial charge on any atom is -0.439 e. The first-order valence-corrected chi connectivity index (χ1v) is 12.4. The van der Waals surface area contributed by atoms with Crippen molar-refractivity contribution >= 4 is 16.0 Å². The molecule has 0 spiro atoms. The molecule has 0 aliphatic rings. The summed E-state index contributed by atoms with van der Waals surface area (Å²) in [6.45, 7) is 7.31. The van der Waals surface area contributed by atoms with Crippen molar-refractivity contribution in [3.05, 3.63) is 77.6 Å². The first-order valence-electron chi connectivity index (χ1n) is 10.9. The number of benzene rings is 2. The lowest BCUT2D eigenvalue weighted by molar-refractivity contribution is 0.0785. The van der Waals surface area contributed by atoms with Crippen LogP contribution >= 0.6 is 0 Å². The lowest BCUT2D eigenvalue weighted by Crippen LogP contribution is -2.15. The fourth-order valence-corrected chi connectivity index (χ4v) is 4.56. The monoisotopic (exact) mass is 493 g/mol. The van der Waals surface area contributed by atoms with Crippen molar-refractivity contribution in [1.82, 2.24) is 19.7 Å². The van der Waals surface area contributed by atoms with E-state index < -0.39 is 15.6 Å². The summed E-state index contributed by atoms with van der Waals surface area (Å²) in [6.07, 6.45) is 2.64. The Morgan fingerprint density at radius 1 is 1.03 bits per heavy atom. The molecule has 0 saturated carbocycles. The van der Waals surface area contributed by atoms with Crippen LogP contribution in [0.4, 0.5) is 5.95 Å². The summed E-state index contributed by atoms with van der Waals surface area (Å²) in [5.41, 5.74) is 3.08. The number of hydrogen-bond donors (Lipinski definition) is 2. The molecule has 2 aromatic heterocycles. The molecule has 0 unspecified atom stereocenters. The first kappa shape index (κ1) is 24.4. The van der Waals surface area contributed by atoms with Crippen LogP contribution in [0, 0.1) is 13.8 Å². The number of aromatic nitrogens is 4. The molecule has 0 atom stereocenters. The lowest BCUT2D eigenvalue weighted by Gasteiger charge is -2.18. The fourth-order valence-electron chi connectivity index (χ4n) is 3.64. The van der Waals surface area contributed by atoms with Gasteiger partial charge in [-0.15, -0.1) is 0 Å². The van der Waals surface area contributed by atoms with E-state index in [4.69, 9.17) is 4.74 Å². The van der Waals surface area contributed by atoms with E-state index in [1.807, 2.05) is 32.0 Å². The van der Waals surface area contributed by atoms with Crippen LogP contribution < -0.4 is 9.46 Å². The van der Waals surface area contributed by atoms with Gasteiger partial charge in [-0.1, -0.05) is 30.3 Å². The van der Waals surface area contributed by atoms with E-state index in [1.54, 1.807) is 51.2 Å². The van der Waals surface area contributed by atoms with Crippen LogP contribution in [0.25, 0.3) is 11.3 Å². The van der Waals surface area contributed by atoms with Crippen molar-refractivity contribution in [2.24, 2.45) is 7.05 Å². The number of aryl methyl sites for hydroxylation is 3.